The number of hydrogen-bond acceptors (Lipinski definition) is 5. The maximum Gasteiger partial charge on any atom is 0.155 e. The van der Waals surface area contributed by atoms with Crippen LogP contribution in [0.1, 0.15) is 35.7 Å². The second kappa shape index (κ2) is 6.90. The van der Waals surface area contributed by atoms with Crippen molar-refractivity contribution in [2.75, 3.05) is 13.1 Å². The maximum absolute atomic E-state index is 15.0. The molecule has 1 aliphatic rings. The number of aromatic nitrogens is 4. The van der Waals surface area contributed by atoms with Crippen molar-refractivity contribution in [3.8, 4) is 17.2 Å². The summed E-state index contributed by atoms with van der Waals surface area (Å²) in [6, 6.07) is 9.07. The molecule has 144 valence electrons. The van der Waals surface area contributed by atoms with Crippen molar-refractivity contribution >= 4 is 16.6 Å². The second-order valence-electron chi connectivity index (χ2n) is 7.55. The Bertz CT molecular complexity index is 1280. The van der Waals surface area contributed by atoms with E-state index < -0.39 is 0 Å². The molecule has 0 spiro atoms. The largest absolute Gasteiger partial charge is 0.317 e. The highest BCUT2D eigenvalue weighted by Gasteiger charge is 2.19. The van der Waals surface area contributed by atoms with E-state index >= 15 is 4.39 Å². The zero-order valence-electron chi connectivity index (χ0n) is 16.0. The van der Waals surface area contributed by atoms with E-state index in [4.69, 9.17) is 0 Å². The molecule has 1 aliphatic heterocycles. The molecule has 1 saturated heterocycles. The number of fused-ring (bicyclic) bond motifs is 2. The smallest absolute Gasteiger partial charge is 0.155 e. The molecule has 0 atom stereocenters. The van der Waals surface area contributed by atoms with Crippen molar-refractivity contribution in [1.82, 2.24) is 24.9 Å². The predicted octanol–water partition coefficient (Wildman–Crippen LogP) is 3.73. The van der Waals surface area contributed by atoms with Crippen LogP contribution in [-0.2, 0) is 0 Å². The Hall–Kier alpha value is -3.37. The van der Waals surface area contributed by atoms with Crippen molar-refractivity contribution in [2.45, 2.75) is 25.7 Å². The van der Waals surface area contributed by atoms with Crippen LogP contribution in [0.4, 0.5) is 4.39 Å². The first-order chi connectivity index (χ1) is 14.1. The number of hydrogen-bond donors (Lipinski definition) is 1. The number of nitrogens with one attached hydrogen (secondary N) is 1. The standard InChI is InChI=1S/C22H19FN6/c1-13-11-29-12-17(6-16(10-24)22(29)26-13)15-7-19(23)18-9-20(27-28-21(18)8-15)14-2-4-25-5-3-14/h6-9,11-12,14,25H,2-5H2,1H3. The average Bonchev–Trinajstić information content (AvgIpc) is 3.13. The molecular formula is C22H19FN6. The Labute approximate surface area is 167 Å². The third-order valence-electron chi connectivity index (χ3n) is 5.56. The molecular weight excluding hydrogens is 367 g/mol. The number of nitriles is 1. The highest BCUT2D eigenvalue weighted by atomic mass is 19.1. The third-order valence-corrected chi connectivity index (χ3v) is 5.56. The van der Waals surface area contributed by atoms with Gasteiger partial charge >= 0.3 is 0 Å². The summed E-state index contributed by atoms with van der Waals surface area (Å²) in [6.45, 7) is 3.77. The number of halogens is 1. The van der Waals surface area contributed by atoms with Crippen LogP contribution < -0.4 is 5.32 Å². The van der Waals surface area contributed by atoms with Gasteiger partial charge < -0.3 is 9.72 Å². The molecule has 5 rings (SSSR count). The van der Waals surface area contributed by atoms with Gasteiger partial charge in [0.2, 0.25) is 0 Å². The highest BCUT2D eigenvalue weighted by molar-refractivity contribution is 5.85. The average molecular weight is 386 g/mol. The van der Waals surface area contributed by atoms with E-state index in [1.54, 1.807) is 10.5 Å². The minimum atomic E-state index is -0.331. The Morgan fingerprint density at radius 3 is 2.72 bits per heavy atom. The van der Waals surface area contributed by atoms with Crippen molar-refractivity contribution < 1.29 is 4.39 Å². The van der Waals surface area contributed by atoms with Crippen LogP contribution in [-0.4, -0.2) is 32.7 Å². The molecule has 0 amide bonds. The van der Waals surface area contributed by atoms with Crippen LogP contribution in [0.5, 0.6) is 0 Å². The summed E-state index contributed by atoms with van der Waals surface area (Å²) < 4.78 is 16.8. The fraction of sp³-hybridized carbons (Fsp3) is 0.273. The second-order valence-corrected chi connectivity index (χ2v) is 7.55. The first-order valence-electron chi connectivity index (χ1n) is 9.70. The first kappa shape index (κ1) is 17.7. The summed E-state index contributed by atoms with van der Waals surface area (Å²) in [4.78, 5) is 4.38. The van der Waals surface area contributed by atoms with Gasteiger partial charge in [0.25, 0.3) is 0 Å². The Morgan fingerprint density at radius 2 is 1.93 bits per heavy atom. The first-order valence-corrected chi connectivity index (χ1v) is 9.70. The summed E-state index contributed by atoms with van der Waals surface area (Å²) in [5.74, 6) is -0.0136. The van der Waals surface area contributed by atoms with Crippen molar-refractivity contribution in [2.24, 2.45) is 0 Å². The number of benzene rings is 1. The van der Waals surface area contributed by atoms with Crippen LogP contribution in [0.3, 0.4) is 0 Å². The molecule has 3 aromatic heterocycles. The Kier molecular flexibility index (Phi) is 4.22. The lowest BCUT2D eigenvalue weighted by Crippen LogP contribution is -2.27. The quantitative estimate of drug-likeness (QED) is 0.568. The molecule has 0 bridgehead atoms. The molecule has 1 fully saturated rings. The van der Waals surface area contributed by atoms with E-state index in [1.165, 1.54) is 6.07 Å². The van der Waals surface area contributed by atoms with Crippen molar-refractivity contribution in [1.29, 1.82) is 5.26 Å². The fourth-order valence-electron chi connectivity index (χ4n) is 4.06. The van der Waals surface area contributed by atoms with E-state index in [2.05, 4.69) is 26.6 Å². The minimum absolute atomic E-state index is 0.317. The molecule has 0 radical (unpaired) electrons. The molecule has 6 nitrogen and oxygen atoms in total. The van der Waals surface area contributed by atoms with Crippen LogP contribution >= 0.6 is 0 Å². The molecule has 1 aromatic carbocycles. The lowest BCUT2D eigenvalue weighted by molar-refractivity contribution is 0.451. The molecule has 0 saturated carbocycles. The van der Waals surface area contributed by atoms with Gasteiger partial charge in [0, 0.05) is 23.7 Å². The lowest BCUT2D eigenvalue weighted by Gasteiger charge is -2.21. The molecule has 29 heavy (non-hydrogen) atoms. The number of aryl methyl sites for hydroxylation is 1. The molecule has 0 aliphatic carbocycles. The summed E-state index contributed by atoms with van der Waals surface area (Å²) in [7, 11) is 0. The minimum Gasteiger partial charge on any atom is -0.317 e. The van der Waals surface area contributed by atoms with E-state index in [9.17, 15) is 5.26 Å². The van der Waals surface area contributed by atoms with E-state index in [-0.39, 0.29) is 5.82 Å². The highest BCUT2D eigenvalue weighted by Crippen LogP contribution is 2.30. The predicted molar refractivity (Wildman–Crippen MR) is 108 cm³/mol. The van der Waals surface area contributed by atoms with Crippen molar-refractivity contribution in [3.63, 3.8) is 0 Å². The van der Waals surface area contributed by atoms with Gasteiger partial charge in [0.1, 0.15) is 11.9 Å². The maximum atomic E-state index is 15.0. The molecule has 4 heterocycles. The number of piperidine rings is 1. The lowest BCUT2D eigenvalue weighted by atomic mass is 9.93. The van der Waals surface area contributed by atoms with Crippen LogP contribution in [0, 0.1) is 24.1 Å². The summed E-state index contributed by atoms with van der Waals surface area (Å²) in [5.41, 5.74) is 4.62. The van der Waals surface area contributed by atoms with Crippen LogP contribution in [0.25, 0.3) is 27.7 Å². The van der Waals surface area contributed by atoms with Crippen molar-refractivity contribution in [3.05, 3.63) is 59.4 Å². The van der Waals surface area contributed by atoms with Gasteiger partial charge in [0.05, 0.1) is 22.5 Å². The summed E-state index contributed by atoms with van der Waals surface area (Å²) in [6.07, 6.45) is 5.68. The zero-order chi connectivity index (χ0) is 20.0. The normalized spacial score (nSPS) is 15.1. The molecule has 0 unspecified atom stereocenters. The molecule has 4 aromatic rings. The topological polar surface area (TPSA) is 78.9 Å². The van der Waals surface area contributed by atoms with Gasteiger partial charge in [-0.1, -0.05) is 0 Å². The van der Waals surface area contributed by atoms with Gasteiger partial charge in [-0.05, 0) is 68.2 Å². The molecule has 7 heteroatoms. The van der Waals surface area contributed by atoms with Gasteiger partial charge in [0.15, 0.2) is 5.65 Å². The van der Waals surface area contributed by atoms with Crippen LogP contribution in [0.2, 0.25) is 0 Å². The Morgan fingerprint density at radius 1 is 1.10 bits per heavy atom. The number of rotatable bonds is 2. The number of nitrogens with zero attached hydrogens (tertiary/aromatic N) is 5. The fourth-order valence-corrected chi connectivity index (χ4v) is 4.06. The van der Waals surface area contributed by atoms with E-state index in [0.29, 0.717) is 33.6 Å². The number of imidazole rings is 1. The SMILES string of the molecule is Cc1cn2cc(-c3cc(F)c4cc(C5CCNCC5)nnc4c3)cc(C#N)c2n1. The van der Waals surface area contributed by atoms with Gasteiger partial charge in [-0.15, -0.1) is 0 Å². The Balaban J connectivity index is 1.61. The van der Waals surface area contributed by atoms with E-state index in [0.717, 1.165) is 42.9 Å². The van der Waals surface area contributed by atoms with Gasteiger partial charge in [-0.25, -0.2) is 9.37 Å². The number of pyridine rings is 1. The summed E-state index contributed by atoms with van der Waals surface area (Å²) in [5, 5.41) is 22.0. The third kappa shape index (κ3) is 3.12. The van der Waals surface area contributed by atoms with Gasteiger partial charge in [-0.3, -0.25) is 0 Å². The zero-order valence-corrected chi connectivity index (χ0v) is 16.0. The molecule has 1 N–H and O–H groups in total. The van der Waals surface area contributed by atoms with Crippen LogP contribution in [0.15, 0.2) is 36.7 Å². The van der Waals surface area contributed by atoms with E-state index in [1.807, 2.05) is 31.5 Å². The van der Waals surface area contributed by atoms with Gasteiger partial charge in [-0.2, -0.15) is 15.5 Å². The summed E-state index contributed by atoms with van der Waals surface area (Å²) >= 11 is 0. The monoisotopic (exact) mass is 386 g/mol.